The van der Waals surface area contributed by atoms with E-state index in [2.05, 4.69) is 9.71 Å². The highest BCUT2D eigenvalue weighted by Crippen LogP contribution is 2.20. The molecule has 0 spiro atoms. The molecule has 1 saturated heterocycles. The second kappa shape index (κ2) is 9.09. The van der Waals surface area contributed by atoms with Crippen LogP contribution in [0.1, 0.15) is 37.2 Å². The molecule has 0 unspecified atom stereocenters. The lowest BCUT2D eigenvalue weighted by Gasteiger charge is -2.17. The van der Waals surface area contributed by atoms with Gasteiger partial charge in [0.15, 0.2) is 0 Å². The number of anilines is 1. The number of likely N-dealkylation sites (tertiary alicyclic amines) is 1. The van der Waals surface area contributed by atoms with Gasteiger partial charge in [-0.2, -0.15) is 8.42 Å². The standard InChI is InChI=1S/C21H25N3O4S/c1-16-10-11-18(28-16)12-13-21(25)22-17-7-6-8-19(15-17)29(26,27)23-20-9-4-3-5-14-24(20)2/h6-8,10-13,15H,3-5,9,14H2,1-2H3,(H,22,25)/b13-12+,23-20+. The first-order chi connectivity index (χ1) is 13.8. The monoisotopic (exact) mass is 415 g/mol. The van der Waals surface area contributed by atoms with Crippen molar-refractivity contribution in [2.24, 2.45) is 4.40 Å². The number of nitrogens with zero attached hydrogens (tertiary/aromatic N) is 2. The molecule has 1 aliphatic rings. The SMILES string of the molecule is Cc1ccc(/C=C/C(=O)Nc2cccc(S(=O)(=O)/N=C3\CCCCCN3C)c2)o1. The Kier molecular flexibility index (Phi) is 6.53. The Morgan fingerprint density at radius 3 is 2.79 bits per heavy atom. The van der Waals surface area contributed by atoms with E-state index >= 15 is 0 Å². The van der Waals surface area contributed by atoms with Crippen LogP contribution in [0.3, 0.4) is 0 Å². The molecule has 1 fully saturated rings. The molecule has 3 rings (SSSR count). The second-order valence-corrected chi connectivity index (χ2v) is 8.62. The lowest BCUT2D eigenvalue weighted by atomic mass is 10.2. The largest absolute Gasteiger partial charge is 0.462 e. The van der Waals surface area contributed by atoms with Crippen LogP contribution in [0.5, 0.6) is 0 Å². The molecule has 2 aromatic rings. The first kappa shape index (κ1) is 20.9. The summed E-state index contributed by atoms with van der Waals surface area (Å²) >= 11 is 0. The third kappa shape index (κ3) is 5.80. The Bertz CT molecular complexity index is 1040. The van der Waals surface area contributed by atoms with E-state index in [9.17, 15) is 13.2 Å². The lowest BCUT2D eigenvalue weighted by Crippen LogP contribution is -2.26. The maximum Gasteiger partial charge on any atom is 0.284 e. The van der Waals surface area contributed by atoms with E-state index in [1.807, 2.05) is 18.9 Å². The zero-order chi connectivity index (χ0) is 20.9. The van der Waals surface area contributed by atoms with Crippen LogP contribution in [0.4, 0.5) is 5.69 Å². The van der Waals surface area contributed by atoms with Crippen LogP contribution in [0.2, 0.25) is 0 Å². The van der Waals surface area contributed by atoms with Crippen molar-refractivity contribution in [1.29, 1.82) is 0 Å². The minimum Gasteiger partial charge on any atom is -0.462 e. The fourth-order valence-electron chi connectivity index (χ4n) is 3.05. The van der Waals surface area contributed by atoms with Crippen LogP contribution in [-0.2, 0) is 14.8 Å². The van der Waals surface area contributed by atoms with Gasteiger partial charge in [-0.15, -0.1) is 4.40 Å². The van der Waals surface area contributed by atoms with Gasteiger partial charge in [0.1, 0.15) is 17.4 Å². The number of sulfonamides is 1. The molecule has 1 aliphatic heterocycles. The summed E-state index contributed by atoms with van der Waals surface area (Å²) in [6.07, 6.45) is 6.55. The number of furan rings is 1. The topological polar surface area (TPSA) is 92.0 Å². The molecule has 1 aromatic heterocycles. The van der Waals surface area contributed by atoms with Crippen LogP contribution in [0, 0.1) is 6.92 Å². The van der Waals surface area contributed by atoms with Gasteiger partial charge in [-0.3, -0.25) is 4.79 Å². The summed E-state index contributed by atoms with van der Waals surface area (Å²) < 4.78 is 34.9. The highest BCUT2D eigenvalue weighted by Gasteiger charge is 2.18. The summed E-state index contributed by atoms with van der Waals surface area (Å²) in [5.74, 6) is 1.51. The van der Waals surface area contributed by atoms with Crippen LogP contribution in [0.15, 0.2) is 56.2 Å². The van der Waals surface area contributed by atoms with Crippen molar-refractivity contribution in [3.8, 4) is 0 Å². The number of amides is 1. The highest BCUT2D eigenvalue weighted by molar-refractivity contribution is 7.90. The number of aryl methyl sites for hydroxylation is 1. The number of nitrogens with one attached hydrogen (secondary N) is 1. The smallest absolute Gasteiger partial charge is 0.284 e. The first-order valence-electron chi connectivity index (χ1n) is 9.54. The molecular formula is C21H25N3O4S. The molecular weight excluding hydrogens is 390 g/mol. The average molecular weight is 416 g/mol. The van der Waals surface area contributed by atoms with Crippen molar-refractivity contribution < 1.29 is 17.6 Å². The summed E-state index contributed by atoms with van der Waals surface area (Å²) in [6.45, 7) is 2.62. The number of benzene rings is 1. The van der Waals surface area contributed by atoms with Crippen molar-refractivity contribution in [3.63, 3.8) is 0 Å². The molecule has 0 bridgehead atoms. The molecule has 7 nitrogen and oxygen atoms in total. The van der Waals surface area contributed by atoms with E-state index in [0.717, 1.165) is 31.6 Å². The molecule has 1 aromatic carbocycles. The Hall–Kier alpha value is -2.87. The molecule has 0 atom stereocenters. The molecule has 0 radical (unpaired) electrons. The normalized spacial score (nSPS) is 16.9. The second-order valence-electron chi connectivity index (χ2n) is 7.01. The summed E-state index contributed by atoms with van der Waals surface area (Å²) in [6, 6.07) is 9.67. The van der Waals surface area contributed by atoms with Crippen molar-refractivity contribution in [1.82, 2.24) is 4.90 Å². The van der Waals surface area contributed by atoms with Gasteiger partial charge in [0, 0.05) is 31.8 Å². The highest BCUT2D eigenvalue weighted by atomic mass is 32.2. The van der Waals surface area contributed by atoms with Crippen LogP contribution >= 0.6 is 0 Å². The number of hydrogen-bond donors (Lipinski definition) is 1. The molecule has 154 valence electrons. The third-order valence-electron chi connectivity index (χ3n) is 4.62. The van der Waals surface area contributed by atoms with Gasteiger partial charge in [-0.25, -0.2) is 0 Å². The summed E-state index contributed by atoms with van der Waals surface area (Å²) in [5.41, 5.74) is 0.380. The Balaban J connectivity index is 1.74. The van der Waals surface area contributed by atoms with E-state index in [4.69, 9.17) is 4.42 Å². The zero-order valence-electron chi connectivity index (χ0n) is 16.6. The molecule has 8 heteroatoms. The van der Waals surface area contributed by atoms with Gasteiger partial charge in [-0.05, 0) is 56.2 Å². The fraction of sp³-hybridized carbons (Fsp3) is 0.333. The van der Waals surface area contributed by atoms with Crippen LogP contribution in [0.25, 0.3) is 6.08 Å². The Morgan fingerprint density at radius 2 is 2.03 bits per heavy atom. The van der Waals surface area contributed by atoms with Crippen LogP contribution < -0.4 is 5.32 Å². The minimum atomic E-state index is -3.86. The number of rotatable bonds is 5. The number of amidine groups is 1. The quantitative estimate of drug-likeness (QED) is 0.749. The van der Waals surface area contributed by atoms with Crippen LogP contribution in [-0.4, -0.2) is 38.7 Å². The summed E-state index contributed by atoms with van der Waals surface area (Å²) in [5, 5.41) is 2.66. The number of carbonyl (C=O) groups excluding carboxylic acids is 1. The first-order valence-corrected chi connectivity index (χ1v) is 11.0. The third-order valence-corrected chi connectivity index (χ3v) is 5.92. The number of carbonyl (C=O) groups is 1. The predicted molar refractivity (Wildman–Crippen MR) is 113 cm³/mol. The molecule has 0 aliphatic carbocycles. The summed E-state index contributed by atoms with van der Waals surface area (Å²) in [7, 11) is -1.99. The average Bonchev–Trinajstić information content (AvgIpc) is 3.00. The van der Waals surface area contributed by atoms with E-state index < -0.39 is 10.0 Å². The minimum absolute atomic E-state index is 0.0473. The molecule has 1 N–H and O–H groups in total. The predicted octanol–water partition coefficient (Wildman–Crippen LogP) is 3.83. The van der Waals surface area contributed by atoms with Crippen molar-refractivity contribution in [2.45, 2.75) is 37.5 Å². The summed E-state index contributed by atoms with van der Waals surface area (Å²) in [4.78, 5) is 14.1. The Labute approximate surface area is 171 Å². The number of hydrogen-bond acceptors (Lipinski definition) is 4. The molecule has 29 heavy (non-hydrogen) atoms. The van der Waals surface area contributed by atoms with E-state index in [1.54, 1.807) is 30.3 Å². The molecule has 2 heterocycles. The van der Waals surface area contributed by atoms with E-state index in [-0.39, 0.29) is 10.8 Å². The molecule has 0 saturated carbocycles. The zero-order valence-corrected chi connectivity index (χ0v) is 17.4. The van der Waals surface area contributed by atoms with Gasteiger partial charge in [0.25, 0.3) is 10.0 Å². The van der Waals surface area contributed by atoms with Crippen molar-refractivity contribution >= 4 is 33.5 Å². The maximum absolute atomic E-state index is 12.8. The van der Waals surface area contributed by atoms with Gasteiger partial charge in [0.05, 0.1) is 4.90 Å². The van der Waals surface area contributed by atoms with Crippen molar-refractivity contribution in [3.05, 3.63) is 54.0 Å². The lowest BCUT2D eigenvalue weighted by molar-refractivity contribution is -0.111. The van der Waals surface area contributed by atoms with E-state index in [1.165, 1.54) is 18.2 Å². The maximum atomic E-state index is 12.8. The van der Waals surface area contributed by atoms with Gasteiger partial charge in [0.2, 0.25) is 5.91 Å². The van der Waals surface area contributed by atoms with Gasteiger partial charge in [-0.1, -0.05) is 12.5 Å². The van der Waals surface area contributed by atoms with Crippen molar-refractivity contribution in [2.75, 3.05) is 18.9 Å². The van der Waals surface area contributed by atoms with Gasteiger partial charge >= 0.3 is 0 Å². The van der Waals surface area contributed by atoms with E-state index in [0.29, 0.717) is 23.7 Å². The van der Waals surface area contributed by atoms with Gasteiger partial charge < -0.3 is 14.6 Å². The molecule has 1 amide bonds. The Morgan fingerprint density at radius 1 is 1.21 bits per heavy atom. The fourth-order valence-corrected chi connectivity index (χ4v) is 4.19.